The quantitative estimate of drug-likeness (QED) is 0.904. The van der Waals surface area contributed by atoms with Crippen LogP contribution >= 0.6 is 11.3 Å². The third-order valence-corrected chi connectivity index (χ3v) is 4.52. The van der Waals surface area contributed by atoms with Gasteiger partial charge in [0.25, 0.3) is 0 Å². The minimum Gasteiger partial charge on any atom is -0.491 e. The summed E-state index contributed by atoms with van der Waals surface area (Å²) in [5.74, 6) is 1.02. The minimum atomic E-state index is 0.304. The van der Waals surface area contributed by atoms with Crippen LogP contribution in [0.15, 0.2) is 36.4 Å². The fourth-order valence-corrected chi connectivity index (χ4v) is 3.26. The van der Waals surface area contributed by atoms with Gasteiger partial charge < -0.3 is 4.74 Å². The van der Waals surface area contributed by atoms with Crippen LogP contribution in [0.2, 0.25) is 0 Å². The first-order valence-corrected chi connectivity index (χ1v) is 7.10. The highest BCUT2D eigenvalue weighted by molar-refractivity contribution is 7.12. The Morgan fingerprint density at radius 2 is 2.11 bits per heavy atom. The molecule has 0 fully saturated rings. The molecule has 3 heteroatoms. The molecule has 0 amide bonds. The van der Waals surface area contributed by atoms with E-state index < -0.39 is 0 Å². The second-order valence-electron chi connectivity index (χ2n) is 4.74. The van der Waals surface area contributed by atoms with Crippen molar-refractivity contribution >= 4 is 11.3 Å². The number of aryl methyl sites for hydroxylation is 1. The van der Waals surface area contributed by atoms with Crippen LogP contribution in [0.3, 0.4) is 0 Å². The number of benzene rings is 1. The van der Waals surface area contributed by atoms with Gasteiger partial charge in [0.1, 0.15) is 12.4 Å². The van der Waals surface area contributed by atoms with Crippen molar-refractivity contribution in [2.75, 3.05) is 6.61 Å². The van der Waals surface area contributed by atoms with Gasteiger partial charge in [-0.05, 0) is 32.0 Å². The van der Waals surface area contributed by atoms with Gasteiger partial charge in [-0.2, -0.15) is 0 Å². The number of rotatable bonds is 3. The zero-order valence-electron chi connectivity index (χ0n) is 10.6. The maximum atomic E-state index is 5.69. The third kappa shape index (κ3) is 2.16. The van der Waals surface area contributed by atoms with Gasteiger partial charge in [-0.3, -0.25) is 5.32 Å². The van der Waals surface area contributed by atoms with Crippen molar-refractivity contribution in [2.24, 2.45) is 0 Å². The van der Waals surface area contributed by atoms with E-state index in [1.54, 1.807) is 0 Å². The highest BCUT2D eigenvalue weighted by atomic mass is 32.1. The molecule has 2 heterocycles. The molecule has 2 aromatic rings. The van der Waals surface area contributed by atoms with Crippen molar-refractivity contribution < 1.29 is 4.74 Å². The van der Waals surface area contributed by atoms with Crippen LogP contribution < -0.4 is 10.1 Å². The van der Waals surface area contributed by atoms with E-state index in [4.69, 9.17) is 4.74 Å². The van der Waals surface area contributed by atoms with Crippen LogP contribution in [0.4, 0.5) is 0 Å². The molecule has 1 aromatic heterocycles. The first-order valence-electron chi connectivity index (χ1n) is 6.28. The predicted molar refractivity (Wildman–Crippen MR) is 75.3 cm³/mol. The van der Waals surface area contributed by atoms with E-state index in [9.17, 15) is 0 Å². The Hall–Kier alpha value is -1.32. The highest BCUT2D eigenvalue weighted by Crippen LogP contribution is 2.34. The van der Waals surface area contributed by atoms with Gasteiger partial charge in [0, 0.05) is 21.4 Å². The van der Waals surface area contributed by atoms with E-state index in [-0.39, 0.29) is 0 Å². The molecule has 0 radical (unpaired) electrons. The average molecular weight is 259 g/mol. The third-order valence-electron chi connectivity index (χ3n) is 3.34. The van der Waals surface area contributed by atoms with Crippen molar-refractivity contribution in [3.05, 3.63) is 51.7 Å². The number of nitrogens with one attached hydrogen (secondary N) is 1. The van der Waals surface area contributed by atoms with Crippen LogP contribution in [-0.2, 0) is 0 Å². The SMILES string of the molecule is Cc1ccc(C(C)NC2COc3ccccc32)s1. The number of fused-ring (bicyclic) bond motifs is 1. The summed E-state index contributed by atoms with van der Waals surface area (Å²) < 4.78 is 5.69. The van der Waals surface area contributed by atoms with Crippen molar-refractivity contribution in [3.8, 4) is 5.75 Å². The number of para-hydroxylation sites is 1. The van der Waals surface area contributed by atoms with E-state index in [2.05, 4.69) is 43.4 Å². The Bertz CT molecular complexity index is 549. The highest BCUT2D eigenvalue weighted by Gasteiger charge is 2.25. The number of ether oxygens (including phenoxy) is 1. The fourth-order valence-electron chi connectivity index (χ4n) is 2.37. The molecule has 18 heavy (non-hydrogen) atoms. The summed E-state index contributed by atoms with van der Waals surface area (Å²) in [5, 5.41) is 3.65. The molecule has 0 saturated carbocycles. The Morgan fingerprint density at radius 3 is 2.89 bits per heavy atom. The Balaban J connectivity index is 1.75. The monoisotopic (exact) mass is 259 g/mol. The topological polar surface area (TPSA) is 21.3 Å². The molecule has 1 aromatic carbocycles. The lowest BCUT2D eigenvalue weighted by Crippen LogP contribution is -2.25. The van der Waals surface area contributed by atoms with E-state index in [0.29, 0.717) is 12.1 Å². The molecule has 0 aliphatic carbocycles. The summed E-state index contributed by atoms with van der Waals surface area (Å²) in [6, 6.07) is 13.3. The van der Waals surface area contributed by atoms with Gasteiger partial charge in [0.15, 0.2) is 0 Å². The van der Waals surface area contributed by atoms with E-state index in [1.165, 1.54) is 15.3 Å². The van der Waals surface area contributed by atoms with Crippen molar-refractivity contribution in [2.45, 2.75) is 25.9 Å². The smallest absolute Gasteiger partial charge is 0.124 e. The first kappa shape index (κ1) is 11.8. The van der Waals surface area contributed by atoms with E-state index in [0.717, 1.165) is 12.4 Å². The molecule has 3 rings (SSSR count). The number of thiophene rings is 1. The van der Waals surface area contributed by atoms with Gasteiger partial charge in [-0.1, -0.05) is 18.2 Å². The molecular weight excluding hydrogens is 242 g/mol. The summed E-state index contributed by atoms with van der Waals surface area (Å²) in [6.07, 6.45) is 0. The van der Waals surface area contributed by atoms with Gasteiger partial charge in [-0.15, -0.1) is 11.3 Å². The maximum Gasteiger partial charge on any atom is 0.124 e. The molecule has 1 aliphatic heterocycles. The van der Waals surface area contributed by atoms with Crippen LogP contribution in [0, 0.1) is 6.92 Å². The number of hydrogen-bond acceptors (Lipinski definition) is 3. The Kier molecular flexibility index (Phi) is 3.10. The lowest BCUT2D eigenvalue weighted by Gasteiger charge is -2.17. The van der Waals surface area contributed by atoms with E-state index >= 15 is 0 Å². The normalized spacial score (nSPS) is 19.3. The summed E-state index contributed by atoms with van der Waals surface area (Å²) in [7, 11) is 0. The molecule has 2 unspecified atom stereocenters. The summed E-state index contributed by atoms with van der Waals surface area (Å²) in [6.45, 7) is 5.09. The second-order valence-corrected chi connectivity index (χ2v) is 6.06. The zero-order chi connectivity index (χ0) is 12.5. The van der Waals surface area contributed by atoms with Crippen LogP contribution in [0.1, 0.15) is 34.3 Å². The molecule has 1 aliphatic rings. The lowest BCUT2D eigenvalue weighted by atomic mass is 10.1. The standard InChI is InChI=1S/C15H17NOS/c1-10-7-8-15(18-10)11(2)16-13-9-17-14-6-4-3-5-12(13)14/h3-8,11,13,16H,9H2,1-2H3. The van der Waals surface area contributed by atoms with Crippen molar-refractivity contribution in [1.29, 1.82) is 0 Å². The van der Waals surface area contributed by atoms with Gasteiger partial charge >= 0.3 is 0 Å². The zero-order valence-corrected chi connectivity index (χ0v) is 11.5. The first-order chi connectivity index (χ1) is 8.74. The minimum absolute atomic E-state index is 0.304. The second kappa shape index (κ2) is 4.75. The van der Waals surface area contributed by atoms with Crippen LogP contribution in [-0.4, -0.2) is 6.61 Å². The molecular formula is C15H17NOS. The van der Waals surface area contributed by atoms with Crippen molar-refractivity contribution in [3.63, 3.8) is 0 Å². The molecule has 1 N–H and O–H groups in total. The van der Waals surface area contributed by atoms with Crippen molar-refractivity contribution in [1.82, 2.24) is 5.32 Å². The molecule has 94 valence electrons. The molecule has 0 spiro atoms. The largest absolute Gasteiger partial charge is 0.491 e. The summed E-state index contributed by atoms with van der Waals surface area (Å²) >= 11 is 1.86. The molecule has 0 saturated heterocycles. The van der Waals surface area contributed by atoms with Gasteiger partial charge in [0.2, 0.25) is 0 Å². The molecule has 2 nitrogen and oxygen atoms in total. The Morgan fingerprint density at radius 1 is 1.28 bits per heavy atom. The van der Waals surface area contributed by atoms with Gasteiger partial charge in [-0.25, -0.2) is 0 Å². The number of hydrogen-bond donors (Lipinski definition) is 1. The van der Waals surface area contributed by atoms with E-state index in [1.807, 2.05) is 23.5 Å². The summed E-state index contributed by atoms with van der Waals surface area (Å²) in [5.41, 5.74) is 1.28. The fraction of sp³-hybridized carbons (Fsp3) is 0.333. The van der Waals surface area contributed by atoms with Gasteiger partial charge in [0.05, 0.1) is 6.04 Å². The molecule has 0 bridgehead atoms. The van der Waals surface area contributed by atoms with Crippen LogP contribution in [0.25, 0.3) is 0 Å². The summed E-state index contributed by atoms with van der Waals surface area (Å²) in [4.78, 5) is 2.75. The predicted octanol–water partition coefficient (Wildman–Crippen LogP) is 3.84. The lowest BCUT2D eigenvalue weighted by molar-refractivity contribution is 0.301. The average Bonchev–Trinajstić information content (AvgIpc) is 2.97. The molecule has 2 atom stereocenters. The van der Waals surface area contributed by atoms with Crippen LogP contribution in [0.5, 0.6) is 5.75 Å². The Labute approximate surface area is 112 Å². The maximum absolute atomic E-state index is 5.69.